The average Bonchev–Trinajstić information content (AvgIpc) is 2.36. The Balaban J connectivity index is 2.38. The molecule has 0 bridgehead atoms. The number of hydrogen-bond donors (Lipinski definition) is 1. The minimum atomic E-state index is 0.167. The van der Waals surface area contributed by atoms with Gasteiger partial charge in [-0.05, 0) is 5.92 Å². The number of rotatable bonds is 3. The SMILES string of the molecule is CC(CO)CN1CCC(=O)N1C. The van der Waals surface area contributed by atoms with Gasteiger partial charge in [0.15, 0.2) is 0 Å². The Morgan fingerprint density at radius 3 is 2.75 bits per heavy atom. The Kier molecular flexibility index (Phi) is 3.05. The van der Waals surface area contributed by atoms with Gasteiger partial charge in [-0.15, -0.1) is 0 Å². The highest BCUT2D eigenvalue weighted by atomic mass is 16.3. The van der Waals surface area contributed by atoms with Crippen LogP contribution in [-0.4, -0.2) is 47.8 Å². The maximum Gasteiger partial charge on any atom is 0.237 e. The number of hydrogen-bond acceptors (Lipinski definition) is 3. The first kappa shape index (κ1) is 9.48. The molecule has 0 aromatic rings. The van der Waals surface area contributed by atoms with Crippen LogP contribution in [0.1, 0.15) is 13.3 Å². The third kappa shape index (κ3) is 1.95. The molecule has 0 spiro atoms. The molecule has 0 aliphatic carbocycles. The van der Waals surface area contributed by atoms with Gasteiger partial charge in [-0.25, -0.2) is 5.01 Å². The fraction of sp³-hybridized carbons (Fsp3) is 0.875. The van der Waals surface area contributed by atoms with Crippen molar-refractivity contribution in [3.8, 4) is 0 Å². The summed E-state index contributed by atoms with van der Waals surface area (Å²) in [5.41, 5.74) is 0. The van der Waals surface area contributed by atoms with E-state index in [4.69, 9.17) is 5.11 Å². The van der Waals surface area contributed by atoms with Gasteiger partial charge in [0.05, 0.1) is 0 Å². The Labute approximate surface area is 72.7 Å². The Morgan fingerprint density at radius 1 is 1.67 bits per heavy atom. The molecule has 1 unspecified atom stereocenters. The standard InChI is InChI=1S/C8H16N2O2/c1-7(6-11)5-10-4-3-8(12)9(10)2/h7,11H,3-6H2,1-2H3. The van der Waals surface area contributed by atoms with Crippen LogP contribution >= 0.6 is 0 Å². The molecule has 1 rings (SSSR count). The molecular weight excluding hydrogens is 156 g/mol. The number of aliphatic hydroxyl groups excluding tert-OH is 1. The second-order valence-corrected chi connectivity index (χ2v) is 3.37. The molecule has 70 valence electrons. The first-order valence-corrected chi connectivity index (χ1v) is 4.27. The molecule has 1 aliphatic rings. The van der Waals surface area contributed by atoms with Gasteiger partial charge in [-0.2, -0.15) is 0 Å². The number of carbonyl (C=O) groups is 1. The van der Waals surface area contributed by atoms with Crippen molar-refractivity contribution in [3.63, 3.8) is 0 Å². The van der Waals surface area contributed by atoms with Gasteiger partial charge in [0, 0.05) is 33.2 Å². The number of carbonyl (C=O) groups excluding carboxylic acids is 1. The number of aliphatic hydroxyl groups is 1. The zero-order chi connectivity index (χ0) is 9.14. The Morgan fingerprint density at radius 2 is 2.33 bits per heavy atom. The lowest BCUT2D eigenvalue weighted by Gasteiger charge is -2.25. The monoisotopic (exact) mass is 172 g/mol. The molecule has 1 heterocycles. The summed E-state index contributed by atoms with van der Waals surface area (Å²) < 4.78 is 0. The van der Waals surface area contributed by atoms with E-state index >= 15 is 0 Å². The van der Waals surface area contributed by atoms with Crippen molar-refractivity contribution in [1.82, 2.24) is 10.0 Å². The fourth-order valence-electron chi connectivity index (χ4n) is 1.33. The summed E-state index contributed by atoms with van der Waals surface area (Å²) >= 11 is 0. The maximum atomic E-state index is 11.1. The highest BCUT2D eigenvalue weighted by Gasteiger charge is 2.25. The molecule has 1 aliphatic heterocycles. The van der Waals surface area contributed by atoms with Crippen LogP contribution in [0.4, 0.5) is 0 Å². The molecule has 0 saturated carbocycles. The van der Waals surface area contributed by atoms with Crippen molar-refractivity contribution in [2.75, 3.05) is 26.7 Å². The van der Waals surface area contributed by atoms with Gasteiger partial charge in [-0.1, -0.05) is 6.92 Å². The van der Waals surface area contributed by atoms with Crippen LogP contribution in [0.3, 0.4) is 0 Å². The summed E-state index contributed by atoms with van der Waals surface area (Å²) in [5, 5.41) is 12.4. The average molecular weight is 172 g/mol. The minimum Gasteiger partial charge on any atom is -0.396 e. The van der Waals surface area contributed by atoms with Crippen LogP contribution in [-0.2, 0) is 4.79 Å². The van der Waals surface area contributed by atoms with E-state index in [1.807, 2.05) is 11.9 Å². The molecule has 1 amide bonds. The van der Waals surface area contributed by atoms with Crippen molar-refractivity contribution in [1.29, 1.82) is 0 Å². The first-order chi connectivity index (χ1) is 5.65. The fourth-order valence-corrected chi connectivity index (χ4v) is 1.33. The molecule has 0 aromatic carbocycles. The lowest BCUT2D eigenvalue weighted by atomic mass is 10.2. The predicted molar refractivity (Wildman–Crippen MR) is 45.2 cm³/mol. The van der Waals surface area contributed by atoms with Crippen molar-refractivity contribution >= 4 is 5.91 Å². The molecular formula is C8H16N2O2. The van der Waals surface area contributed by atoms with E-state index < -0.39 is 0 Å². The lowest BCUT2D eigenvalue weighted by molar-refractivity contribution is -0.135. The zero-order valence-electron chi connectivity index (χ0n) is 7.66. The van der Waals surface area contributed by atoms with E-state index in [1.165, 1.54) is 0 Å². The van der Waals surface area contributed by atoms with E-state index in [-0.39, 0.29) is 18.4 Å². The first-order valence-electron chi connectivity index (χ1n) is 4.27. The summed E-state index contributed by atoms with van der Waals surface area (Å²) in [6, 6.07) is 0. The molecule has 0 radical (unpaired) electrons. The van der Waals surface area contributed by atoms with Gasteiger partial charge in [0.25, 0.3) is 0 Å². The smallest absolute Gasteiger partial charge is 0.237 e. The third-order valence-electron chi connectivity index (χ3n) is 2.20. The summed E-state index contributed by atoms with van der Waals surface area (Å²) in [5.74, 6) is 0.401. The third-order valence-corrected chi connectivity index (χ3v) is 2.20. The van der Waals surface area contributed by atoms with E-state index in [0.717, 1.165) is 13.1 Å². The minimum absolute atomic E-state index is 0.167. The maximum absolute atomic E-state index is 11.1. The van der Waals surface area contributed by atoms with E-state index in [2.05, 4.69) is 0 Å². The zero-order valence-corrected chi connectivity index (χ0v) is 7.66. The van der Waals surface area contributed by atoms with Crippen LogP contribution < -0.4 is 0 Å². The predicted octanol–water partition coefficient (Wildman–Crippen LogP) is -0.306. The Hall–Kier alpha value is -0.610. The lowest BCUT2D eigenvalue weighted by Crippen LogP contribution is -2.38. The van der Waals surface area contributed by atoms with E-state index in [1.54, 1.807) is 12.1 Å². The van der Waals surface area contributed by atoms with E-state index in [0.29, 0.717) is 6.42 Å². The van der Waals surface area contributed by atoms with Crippen LogP contribution in [0.25, 0.3) is 0 Å². The molecule has 1 fully saturated rings. The van der Waals surface area contributed by atoms with Gasteiger partial charge in [0.2, 0.25) is 5.91 Å². The summed E-state index contributed by atoms with van der Waals surface area (Å²) in [7, 11) is 1.78. The molecule has 4 heteroatoms. The van der Waals surface area contributed by atoms with Crippen molar-refractivity contribution in [2.45, 2.75) is 13.3 Å². The van der Waals surface area contributed by atoms with Gasteiger partial charge in [-0.3, -0.25) is 9.80 Å². The van der Waals surface area contributed by atoms with Gasteiger partial charge < -0.3 is 5.11 Å². The molecule has 1 saturated heterocycles. The topological polar surface area (TPSA) is 43.8 Å². The number of nitrogens with zero attached hydrogens (tertiary/aromatic N) is 2. The van der Waals surface area contributed by atoms with Gasteiger partial charge in [0.1, 0.15) is 0 Å². The quantitative estimate of drug-likeness (QED) is 0.635. The Bertz CT molecular complexity index is 172. The molecule has 1 atom stereocenters. The summed E-state index contributed by atoms with van der Waals surface area (Å²) in [6.07, 6.45) is 0.606. The second-order valence-electron chi connectivity index (χ2n) is 3.37. The molecule has 0 aromatic heterocycles. The summed E-state index contributed by atoms with van der Waals surface area (Å²) in [6.45, 7) is 3.70. The van der Waals surface area contributed by atoms with Gasteiger partial charge >= 0.3 is 0 Å². The van der Waals surface area contributed by atoms with Crippen LogP contribution in [0.2, 0.25) is 0 Å². The normalized spacial score (nSPS) is 21.9. The van der Waals surface area contributed by atoms with Crippen LogP contribution in [0.15, 0.2) is 0 Å². The van der Waals surface area contributed by atoms with Crippen LogP contribution in [0.5, 0.6) is 0 Å². The highest BCUT2D eigenvalue weighted by Crippen LogP contribution is 2.11. The second kappa shape index (κ2) is 3.87. The highest BCUT2D eigenvalue weighted by molar-refractivity contribution is 5.77. The molecule has 1 N–H and O–H groups in total. The van der Waals surface area contributed by atoms with Crippen molar-refractivity contribution in [3.05, 3.63) is 0 Å². The van der Waals surface area contributed by atoms with E-state index in [9.17, 15) is 4.79 Å². The summed E-state index contributed by atoms with van der Waals surface area (Å²) in [4.78, 5) is 11.1. The largest absolute Gasteiger partial charge is 0.396 e. The number of hydrazine groups is 1. The van der Waals surface area contributed by atoms with Crippen LogP contribution in [0, 0.1) is 5.92 Å². The van der Waals surface area contributed by atoms with Crippen molar-refractivity contribution < 1.29 is 9.90 Å². The van der Waals surface area contributed by atoms with Crippen molar-refractivity contribution in [2.24, 2.45) is 5.92 Å². The molecule has 12 heavy (non-hydrogen) atoms. The molecule has 4 nitrogen and oxygen atoms in total. The number of amides is 1.